The van der Waals surface area contributed by atoms with Gasteiger partial charge in [-0.05, 0) is 27.2 Å². The van der Waals surface area contributed by atoms with Crippen LogP contribution in [0.15, 0.2) is 0 Å². The Morgan fingerprint density at radius 1 is 1.23 bits per heavy atom. The smallest absolute Gasteiger partial charge is 0.132 e. The maximum absolute atomic E-state index is 3.46. The highest BCUT2D eigenvalue weighted by atomic mass is 28.2. The molecule has 0 aliphatic heterocycles. The van der Waals surface area contributed by atoms with Gasteiger partial charge in [-0.15, -0.1) is 0 Å². The van der Waals surface area contributed by atoms with Crippen molar-refractivity contribution in [3.05, 3.63) is 0 Å². The SMILES string of the molecule is CCN(CC)C(CNC)(NC)N[SiH3]. The zero-order valence-corrected chi connectivity index (χ0v) is 11.6. The average molecular weight is 204 g/mol. The fourth-order valence-corrected chi connectivity index (χ4v) is 2.49. The first-order valence-electron chi connectivity index (χ1n) is 4.98. The molecule has 0 fully saturated rings. The first kappa shape index (κ1) is 13.1. The Bertz CT molecular complexity index is 123. The van der Waals surface area contributed by atoms with E-state index in [0.29, 0.717) is 0 Å². The van der Waals surface area contributed by atoms with Gasteiger partial charge in [-0.25, -0.2) is 0 Å². The molecule has 0 aliphatic carbocycles. The highest BCUT2D eigenvalue weighted by Crippen LogP contribution is 2.05. The lowest BCUT2D eigenvalue weighted by Gasteiger charge is -2.43. The Morgan fingerprint density at radius 3 is 2.00 bits per heavy atom. The van der Waals surface area contributed by atoms with Gasteiger partial charge in [-0.2, -0.15) is 0 Å². The molecule has 0 rings (SSSR count). The minimum atomic E-state index is -0.0650. The molecular weight excluding hydrogens is 180 g/mol. The molecule has 0 spiro atoms. The van der Waals surface area contributed by atoms with Gasteiger partial charge >= 0.3 is 0 Å². The van der Waals surface area contributed by atoms with Crippen LogP contribution in [0.5, 0.6) is 0 Å². The Hall–Kier alpha value is 0.0569. The lowest BCUT2D eigenvalue weighted by Crippen LogP contribution is -2.70. The van der Waals surface area contributed by atoms with E-state index in [-0.39, 0.29) is 5.79 Å². The van der Waals surface area contributed by atoms with Crippen molar-refractivity contribution >= 4 is 10.4 Å². The summed E-state index contributed by atoms with van der Waals surface area (Å²) in [6.45, 7) is 7.38. The van der Waals surface area contributed by atoms with Crippen LogP contribution >= 0.6 is 0 Å². The quantitative estimate of drug-likeness (QED) is 0.341. The lowest BCUT2D eigenvalue weighted by molar-refractivity contribution is 0.0618. The predicted octanol–water partition coefficient (Wildman–Crippen LogP) is -1.71. The van der Waals surface area contributed by atoms with Crippen molar-refractivity contribution in [2.75, 3.05) is 33.7 Å². The van der Waals surface area contributed by atoms with E-state index in [1.54, 1.807) is 0 Å². The first-order chi connectivity index (χ1) is 6.20. The molecule has 0 heterocycles. The number of hydrogen-bond acceptors (Lipinski definition) is 4. The summed E-state index contributed by atoms with van der Waals surface area (Å²) < 4.78 is 0. The summed E-state index contributed by atoms with van der Waals surface area (Å²) in [6, 6.07) is 0. The summed E-state index contributed by atoms with van der Waals surface area (Å²) in [7, 11) is 4.96. The molecule has 3 N–H and O–H groups in total. The molecule has 0 aromatic rings. The molecule has 0 bridgehead atoms. The fourth-order valence-electron chi connectivity index (χ4n) is 1.75. The highest BCUT2D eigenvalue weighted by molar-refractivity contribution is 6.04. The van der Waals surface area contributed by atoms with Crippen LogP contribution in [-0.2, 0) is 0 Å². The van der Waals surface area contributed by atoms with Crippen molar-refractivity contribution in [1.29, 1.82) is 0 Å². The average Bonchev–Trinajstić information content (AvgIpc) is 2.18. The van der Waals surface area contributed by atoms with Gasteiger partial charge in [0.2, 0.25) is 0 Å². The van der Waals surface area contributed by atoms with Gasteiger partial charge in [-0.3, -0.25) is 10.2 Å². The maximum atomic E-state index is 3.46. The zero-order valence-electron chi connectivity index (χ0n) is 9.57. The van der Waals surface area contributed by atoms with E-state index in [0.717, 1.165) is 30.0 Å². The molecule has 0 aromatic carbocycles. The van der Waals surface area contributed by atoms with Gasteiger partial charge < -0.3 is 10.3 Å². The van der Waals surface area contributed by atoms with E-state index < -0.39 is 0 Å². The normalized spacial score (nSPS) is 16.4. The number of nitrogens with one attached hydrogen (secondary N) is 3. The van der Waals surface area contributed by atoms with Crippen molar-refractivity contribution < 1.29 is 0 Å². The van der Waals surface area contributed by atoms with E-state index in [1.807, 2.05) is 14.1 Å². The molecule has 0 aromatic heterocycles. The Labute approximate surface area is 85.0 Å². The molecule has 0 amide bonds. The summed E-state index contributed by atoms with van der Waals surface area (Å²) in [5.41, 5.74) is 0. The van der Waals surface area contributed by atoms with Crippen LogP contribution in [0.1, 0.15) is 13.8 Å². The van der Waals surface area contributed by atoms with Crippen LogP contribution in [0.4, 0.5) is 0 Å². The number of hydrogen-bond donors (Lipinski definition) is 3. The standard InChI is InChI=1S/C8H24N4Si/c1-5-12(6-2)8(10-4,11-13)7-9-3/h9-11H,5-7H2,1-4,13H3. The lowest BCUT2D eigenvalue weighted by atomic mass is 10.3. The third-order valence-corrected chi connectivity index (χ3v) is 3.39. The van der Waals surface area contributed by atoms with Gasteiger partial charge in [0.1, 0.15) is 5.79 Å². The van der Waals surface area contributed by atoms with Crippen molar-refractivity contribution in [2.45, 2.75) is 19.6 Å². The summed E-state index contributed by atoms with van der Waals surface area (Å²) in [5, 5.41) is 6.57. The van der Waals surface area contributed by atoms with Crippen molar-refractivity contribution in [3.8, 4) is 0 Å². The third kappa shape index (κ3) is 3.03. The summed E-state index contributed by atoms with van der Waals surface area (Å²) in [4.78, 5) is 5.84. The second kappa shape index (κ2) is 6.50. The highest BCUT2D eigenvalue weighted by Gasteiger charge is 2.30. The molecule has 0 aliphatic rings. The molecule has 0 saturated heterocycles. The monoisotopic (exact) mass is 204 g/mol. The van der Waals surface area contributed by atoms with Crippen LogP contribution in [0.2, 0.25) is 0 Å². The Morgan fingerprint density at radius 2 is 1.77 bits per heavy atom. The number of likely N-dealkylation sites (N-methyl/N-ethyl adjacent to an activating group) is 3. The van der Waals surface area contributed by atoms with Crippen molar-refractivity contribution in [2.24, 2.45) is 0 Å². The molecule has 5 heteroatoms. The topological polar surface area (TPSA) is 39.3 Å². The maximum Gasteiger partial charge on any atom is 0.132 e. The first-order valence-corrected chi connectivity index (χ1v) is 5.98. The van der Waals surface area contributed by atoms with E-state index in [1.165, 1.54) is 0 Å². The summed E-state index contributed by atoms with van der Waals surface area (Å²) in [5.74, 6) is -0.0650. The molecule has 80 valence electrons. The van der Waals surface area contributed by atoms with Crippen LogP contribution in [0.3, 0.4) is 0 Å². The second-order valence-electron chi connectivity index (χ2n) is 3.06. The number of rotatable bonds is 7. The van der Waals surface area contributed by atoms with Gasteiger partial charge in [0.25, 0.3) is 0 Å². The molecule has 0 radical (unpaired) electrons. The Balaban J connectivity index is 4.50. The van der Waals surface area contributed by atoms with Gasteiger partial charge in [0.15, 0.2) is 0 Å². The van der Waals surface area contributed by atoms with Gasteiger partial charge in [0, 0.05) is 6.54 Å². The largest absolute Gasteiger partial charge is 0.316 e. The molecule has 1 atom stereocenters. The third-order valence-electron chi connectivity index (χ3n) is 2.56. The molecule has 1 unspecified atom stereocenters. The van der Waals surface area contributed by atoms with Crippen molar-refractivity contribution in [3.63, 3.8) is 0 Å². The number of nitrogens with zero attached hydrogens (tertiary/aromatic N) is 1. The fraction of sp³-hybridized carbons (Fsp3) is 1.00. The summed E-state index contributed by atoms with van der Waals surface area (Å²) in [6.07, 6.45) is 0. The molecule has 4 nitrogen and oxygen atoms in total. The van der Waals surface area contributed by atoms with Crippen LogP contribution in [0, 0.1) is 0 Å². The Kier molecular flexibility index (Phi) is 6.53. The second-order valence-corrected chi connectivity index (χ2v) is 3.56. The van der Waals surface area contributed by atoms with E-state index >= 15 is 0 Å². The van der Waals surface area contributed by atoms with Gasteiger partial charge in [0.05, 0.1) is 10.4 Å². The van der Waals surface area contributed by atoms with E-state index in [4.69, 9.17) is 0 Å². The van der Waals surface area contributed by atoms with Crippen LogP contribution in [0.25, 0.3) is 0 Å². The van der Waals surface area contributed by atoms with Crippen LogP contribution < -0.4 is 15.6 Å². The molecule has 0 saturated carbocycles. The molecular formula is C8H24N4Si. The minimum Gasteiger partial charge on any atom is -0.316 e. The predicted molar refractivity (Wildman–Crippen MR) is 61.7 cm³/mol. The zero-order chi connectivity index (χ0) is 10.3. The minimum absolute atomic E-state index is 0.0650. The van der Waals surface area contributed by atoms with Gasteiger partial charge in [-0.1, -0.05) is 13.8 Å². The van der Waals surface area contributed by atoms with E-state index in [9.17, 15) is 0 Å². The summed E-state index contributed by atoms with van der Waals surface area (Å²) >= 11 is 0. The van der Waals surface area contributed by atoms with Crippen molar-refractivity contribution in [1.82, 2.24) is 20.5 Å². The molecule has 13 heavy (non-hydrogen) atoms. The van der Waals surface area contributed by atoms with Crippen LogP contribution in [-0.4, -0.2) is 54.8 Å². The van der Waals surface area contributed by atoms with E-state index in [2.05, 4.69) is 34.4 Å².